The van der Waals surface area contributed by atoms with E-state index in [4.69, 9.17) is 10.2 Å². The van der Waals surface area contributed by atoms with Crippen molar-refractivity contribution in [3.63, 3.8) is 0 Å². The summed E-state index contributed by atoms with van der Waals surface area (Å²) in [5, 5.41) is 11.8. The molecule has 0 saturated heterocycles. The molecule has 3 rings (SSSR count). The lowest BCUT2D eigenvalue weighted by Crippen LogP contribution is -2.22. The summed E-state index contributed by atoms with van der Waals surface area (Å²) in [6.45, 7) is 4.12. The molecule has 0 aromatic carbocycles. The lowest BCUT2D eigenvalue weighted by molar-refractivity contribution is 0.0953. The summed E-state index contributed by atoms with van der Waals surface area (Å²) in [5.74, 6) is 0.457. The number of rotatable bonds is 3. The molecule has 1 amide bonds. The number of thiophene rings is 1. The number of amides is 1. The highest BCUT2D eigenvalue weighted by atomic mass is 32.1. The van der Waals surface area contributed by atoms with Crippen LogP contribution in [0, 0.1) is 13.8 Å². The molecule has 6 nitrogen and oxygen atoms in total. The van der Waals surface area contributed by atoms with Crippen molar-refractivity contribution < 1.29 is 9.21 Å². The van der Waals surface area contributed by atoms with E-state index < -0.39 is 0 Å². The van der Waals surface area contributed by atoms with Gasteiger partial charge in [-0.2, -0.15) is 5.10 Å². The van der Waals surface area contributed by atoms with Gasteiger partial charge in [0, 0.05) is 5.39 Å². The Hall–Kier alpha value is -2.41. The van der Waals surface area contributed by atoms with Crippen molar-refractivity contribution in [1.29, 1.82) is 0 Å². The predicted octanol–water partition coefficient (Wildman–Crippen LogP) is 2.41. The Labute approximate surface area is 125 Å². The highest BCUT2D eigenvalue weighted by molar-refractivity contribution is 7.21. The molecule has 0 aliphatic rings. The number of nitrogens with zero attached hydrogens (tertiary/aromatic N) is 2. The van der Waals surface area contributed by atoms with Crippen molar-refractivity contribution in [2.24, 2.45) is 0 Å². The third-order valence-corrected chi connectivity index (χ3v) is 4.43. The zero-order valence-corrected chi connectivity index (χ0v) is 12.5. The van der Waals surface area contributed by atoms with Gasteiger partial charge in [-0.05, 0) is 31.5 Å². The van der Waals surface area contributed by atoms with Gasteiger partial charge in [0.05, 0.1) is 24.2 Å². The normalized spacial score (nSPS) is 11.0. The van der Waals surface area contributed by atoms with Crippen LogP contribution in [0.5, 0.6) is 0 Å². The zero-order chi connectivity index (χ0) is 15.0. The summed E-state index contributed by atoms with van der Waals surface area (Å²) in [5.41, 5.74) is 8.35. The van der Waals surface area contributed by atoms with Crippen LogP contribution in [0.25, 0.3) is 10.2 Å². The highest BCUT2D eigenvalue weighted by Gasteiger charge is 2.19. The van der Waals surface area contributed by atoms with E-state index in [1.54, 1.807) is 18.4 Å². The fourth-order valence-corrected chi connectivity index (χ4v) is 3.09. The third kappa shape index (κ3) is 2.36. The first-order valence-electron chi connectivity index (χ1n) is 6.40. The van der Waals surface area contributed by atoms with E-state index in [-0.39, 0.29) is 5.91 Å². The summed E-state index contributed by atoms with van der Waals surface area (Å²) in [6.07, 6.45) is 1.57. The first-order valence-corrected chi connectivity index (χ1v) is 7.22. The number of carbonyl (C=O) groups is 1. The summed E-state index contributed by atoms with van der Waals surface area (Å²) >= 11 is 1.25. The molecular formula is C14H14N4O2S. The van der Waals surface area contributed by atoms with Crippen LogP contribution in [-0.2, 0) is 6.54 Å². The largest absolute Gasteiger partial charge is 0.467 e. The average Bonchev–Trinajstić information content (AvgIpc) is 3.09. The first-order chi connectivity index (χ1) is 10.1. The molecule has 0 saturated carbocycles. The summed E-state index contributed by atoms with van der Waals surface area (Å²) in [4.78, 5) is 13.4. The molecule has 108 valence electrons. The van der Waals surface area contributed by atoms with Crippen molar-refractivity contribution in [2.45, 2.75) is 20.4 Å². The van der Waals surface area contributed by atoms with Crippen molar-refractivity contribution in [3.8, 4) is 0 Å². The van der Waals surface area contributed by atoms with E-state index in [2.05, 4.69) is 15.5 Å². The Morgan fingerprint density at radius 3 is 2.95 bits per heavy atom. The monoisotopic (exact) mass is 302 g/mol. The number of hydrogen-bond acceptors (Lipinski definition) is 6. The highest BCUT2D eigenvalue weighted by Crippen LogP contribution is 2.34. The second-order valence-corrected chi connectivity index (χ2v) is 5.70. The van der Waals surface area contributed by atoms with Crippen molar-refractivity contribution in [2.75, 3.05) is 5.73 Å². The van der Waals surface area contributed by atoms with Crippen molar-refractivity contribution >= 4 is 33.1 Å². The van der Waals surface area contributed by atoms with E-state index in [1.807, 2.05) is 13.8 Å². The van der Waals surface area contributed by atoms with Crippen LogP contribution in [0.3, 0.4) is 0 Å². The van der Waals surface area contributed by atoms with E-state index in [9.17, 15) is 4.79 Å². The Bertz CT molecular complexity index is 808. The first kappa shape index (κ1) is 13.6. The van der Waals surface area contributed by atoms with Crippen LogP contribution in [0.2, 0.25) is 0 Å². The molecule has 0 atom stereocenters. The number of anilines is 1. The maximum absolute atomic E-state index is 12.3. The third-order valence-electron chi connectivity index (χ3n) is 3.34. The number of nitrogens with two attached hydrogens (primary N) is 1. The van der Waals surface area contributed by atoms with Crippen LogP contribution in [-0.4, -0.2) is 16.1 Å². The number of fused-ring (bicyclic) bond motifs is 1. The maximum Gasteiger partial charge on any atom is 0.263 e. The smallest absolute Gasteiger partial charge is 0.263 e. The van der Waals surface area contributed by atoms with Crippen LogP contribution >= 0.6 is 11.3 Å². The van der Waals surface area contributed by atoms with Crippen LogP contribution < -0.4 is 11.1 Å². The fourth-order valence-electron chi connectivity index (χ4n) is 2.07. The molecule has 3 heterocycles. The van der Waals surface area contributed by atoms with Gasteiger partial charge in [-0.15, -0.1) is 16.4 Å². The van der Waals surface area contributed by atoms with Crippen molar-refractivity contribution in [3.05, 3.63) is 40.3 Å². The topological polar surface area (TPSA) is 94.0 Å². The Morgan fingerprint density at radius 1 is 1.43 bits per heavy atom. The van der Waals surface area contributed by atoms with E-state index >= 15 is 0 Å². The molecule has 0 unspecified atom stereocenters. The Morgan fingerprint density at radius 2 is 2.24 bits per heavy atom. The number of hydrogen-bond donors (Lipinski definition) is 2. The number of nitrogens with one attached hydrogen (secondary N) is 1. The van der Waals surface area contributed by atoms with Gasteiger partial charge in [0.25, 0.3) is 5.91 Å². The Kier molecular flexibility index (Phi) is 3.34. The molecule has 0 spiro atoms. The summed E-state index contributed by atoms with van der Waals surface area (Å²) in [7, 11) is 0. The minimum Gasteiger partial charge on any atom is -0.467 e. The minimum absolute atomic E-state index is 0.232. The molecule has 21 heavy (non-hydrogen) atoms. The standard InChI is InChI=1S/C14H14N4O2S/c1-7-8(2)17-18-14-10(7)11(15)12(21-14)13(19)16-6-9-4-3-5-20-9/h3-5H,6,15H2,1-2H3,(H,16,19). The molecule has 3 N–H and O–H groups in total. The van der Waals surface area contributed by atoms with E-state index in [0.29, 0.717) is 27.7 Å². The number of carbonyl (C=O) groups excluding carboxylic acids is 1. The maximum atomic E-state index is 12.3. The predicted molar refractivity (Wildman–Crippen MR) is 81.2 cm³/mol. The van der Waals surface area contributed by atoms with E-state index in [1.165, 1.54) is 11.3 Å². The Balaban J connectivity index is 1.91. The van der Waals surface area contributed by atoms with Gasteiger partial charge in [0.15, 0.2) is 0 Å². The zero-order valence-electron chi connectivity index (χ0n) is 11.6. The SMILES string of the molecule is Cc1nnc2sc(C(=O)NCc3ccco3)c(N)c2c1C. The number of aryl methyl sites for hydroxylation is 2. The van der Waals surface area contributed by atoms with Gasteiger partial charge in [0.2, 0.25) is 0 Å². The molecule has 7 heteroatoms. The second kappa shape index (κ2) is 5.17. The minimum atomic E-state index is -0.232. The van der Waals surface area contributed by atoms with Gasteiger partial charge in [-0.3, -0.25) is 4.79 Å². The molecule has 0 aliphatic carbocycles. The molecule has 3 aromatic rings. The summed E-state index contributed by atoms with van der Waals surface area (Å²) < 4.78 is 5.18. The molecule has 0 fully saturated rings. The quantitative estimate of drug-likeness (QED) is 0.775. The molecule has 0 bridgehead atoms. The number of aromatic nitrogens is 2. The lowest BCUT2D eigenvalue weighted by atomic mass is 10.1. The second-order valence-electron chi connectivity index (χ2n) is 4.70. The van der Waals surface area contributed by atoms with Crippen molar-refractivity contribution in [1.82, 2.24) is 15.5 Å². The van der Waals surface area contributed by atoms with Gasteiger partial charge in [0.1, 0.15) is 15.5 Å². The van der Waals surface area contributed by atoms with E-state index in [0.717, 1.165) is 16.6 Å². The van der Waals surface area contributed by atoms with Crippen LogP contribution in [0.4, 0.5) is 5.69 Å². The number of nitrogen functional groups attached to an aromatic ring is 1. The van der Waals surface area contributed by atoms with Crippen LogP contribution in [0.15, 0.2) is 22.8 Å². The van der Waals surface area contributed by atoms with Crippen LogP contribution in [0.1, 0.15) is 26.7 Å². The lowest BCUT2D eigenvalue weighted by Gasteiger charge is -2.03. The molecule has 0 radical (unpaired) electrons. The number of furan rings is 1. The van der Waals surface area contributed by atoms with Gasteiger partial charge in [-0.1, -0.05) is 0 Å². The average molecular weight is 302 g/mol. The molecule has 0 aliphatic heterocycles. The fraction of sp³-hybridized carbons (Fsp3) is 0.214. The van der Waals surface area contributed by atoms with Gasteiger partial charge in [-0.25, -0.2) is 0 Å². The molecular weight excluding hydrogens is 288 g/mol. The summed E-state index contributed by atoms with van der Waals surface area (Å²) in [6, 6.07) is 3.57. The van der Waals surface area contributed by atoms with Gasteiger partial charge < -0.3 is 15.5 Å². The molecule has 3 aromatic heterocycles. The van der Waals surface area contributed by atoms with Gasteiger partial charge >= 0.3 is 0 Å².